The highest BCUT2D eigenvalue weighted by Crippen LogP contribution is 2.26. The van der Waals surface area contributed by atoms with Crippen LogP contribution in [0.4, 0.5) is 0 Å². The average Bonchev–Trinajstić information content (AvgIpc) is 2.36. The van der Waals surface area contributed by atoms with E-state index in [4.69, 9.17) is 10.5 Å². The molecule has 0 saturated carbocycles. The van der Waals surface area contributed by atoms with Crippen LogP contribution in [0.2, 0.25) is 0 Å². The van der Waals surface area contributed by atoms with E-state index >= 15 is 0 Å². The number of nitrogens with two attached hydrogens (primary N) is 1. The van der Waals surface area contributed by atoms with Gasteiger partial charge in [-0.3, -0.25) is 4.90 Å². The molecule has 3 N–H and O–H groups in total. The Morgan fingerprint density at radius 2 is 2.28 bits per heavy atom. The van der Waals surface area contributed by atoms with Crippen LogP contribution in [0.1, 0.15) is 18.9 Å². The minimum absolute atomic E-state index is 0.303. The summed E-state index contributed by atoms with van der Waals surface area (Å²) in [5.74, 6) is 1.50. The first-order valence-corrected chi connectivity index (χ1v) is 6.44. The summed E-state index contributed by atoms with van der Waals surface area (Å²) >= 11 is 0. The number of benzene rings is 1. The maximum atomic E-state index is 9.94. The summed E-state index contributed by atoms with van der Waals surface area (Å²) in [5.41, 5.74) is 6.95. The molecule has 0 radical (unpaired) electrons. The van der Waals surface area contributed by atoms with E-state index in [0.29, 0.717) is 23.5 Å². The van der Waals surface area contributed by atoms with E-state index in [0.717, 1.165) is 31.6 Å². The van der Waals surface area contributed by atoms with Gasteiger partial charge in [-0.2, -0.15) is 0 Å². The SMILES string of the molecule is COc1ccc(CN2CCC(N)C(C)C2)c(O)c1. The number of phenolic OH excluding ortho intramolecular Hbond substituents is 1. The molecular formula is C14H22N2O2. The van der Waals surface area contributed by atoms with Gasteiger partial charge in [-0.15, -0.1) is 0 Å². The Hall–Kier alpha value is -1.26. The molecule has 1 aromatic rings. The lowest BCUT2D eigenvalue weighted by molar-refractivity contribution is 0.156. The first-order chi connectivity index (χ1) is 8.60. The molecule has 4 nitrogen and oxygen atoms in total. The van der Waals surface area contributed by atoms with E-state index in [2.05, 4.69) is 11.8 Å². The molecule has 100 valence electrons. The molecule has 2 rings (SSSR count). The van der Waals surface area contributed by atoms with Crippen molar-refractivity contribution in [3.8, 4) is 11.5 Å². The van der Waals surface area contributed by atoms with Gasteiger partial charge in [0.15, 0.2) is 0 Å². The van der Waals surface area contributed by atoms with Crippen molar-refractivity contribution >= 4 is 0 Å². The van der Waals surface area contributed by atoms with Crippen molar-refractivity contribution < 1.29 is 9.84 Å². The summed E-state index contributed by atoms with van der Waals surface area (Å²) in [6.07, 6.45) is 1.03. The third-order valence-electron chi connectivity index (χ3n) is 3.74. The van der Waals surface area contributed by atoms with Crippen molar-refractivity contribution in [2.24, 2.45) is 11.7 Å². The molecule has 1 aromatic carbocycles. The Bertz CT molecular complexity index is 409. The fraction of sp³-hybridized carbons (Fsp3) is 0.571. The Morgan fingerprint density at radius 3 is 2.89 bits per heavy atom. The molecule has 0 amide bonds. The van der Waals surface area contributed by atoms with Crippen molar-refractivity contribution in [2.75, 3.05) is 20.2 Å². The van der Waals surface area contributed by atoms with Crippen LogP contribution in [-0.4, -0.2) is 36.2 Å². The molecule has 0 aliphatic carbocycles. The Kier molecular flexibility index (Phi) is 4.09. The zero-order valence-corrected chi connectivity index (χ0v) is 11.1. The normalized spacial score (nSPS) is 25.1. The minimum Gasteiger partial charge on any atom is -0.507 e. The molecule has 1 aliphatic heterocycles. The van der Waals surface area contributed by atoms with Gasteiger partial charge >= 0.3 is 0 Å². The van der Waals surface area contributed by atoms with Crippen LogP contribution >= 0.6 is 0 Å². The first kappa shape index (κ1) is 13.2. The number of likely N-dealkylation sites (tertiary alicyclic amines) is 1. The van der Waals surface area contributed by atoms with Crippen molar-refractivity contribution in [3.63, 3.8) is 0 Å². The number of nitrogens with zero attached hydrogens (tertiary/aromatic N) is 1. The molecule has 0 aromatic heterocycles. The highest BCUT2D eigenvalue weighted by atomic mass is 16.5. The summed E-state index contributed by atoms with van der Waals surface area (Å²) in [4.78, 5) is 2.34. The standard InChI is InChI=1S/C14H22N2O2/c1-10-8-16(6-5-13(10)15)9-11-3-4-12(18-2)7-14(11)17/h3-4,7,10,13,17H,5-6,8-9,15H2,1-2H3. The van der Waals surface area contributed by atoms with Crippen LogP contribution in [0.3, 0.4) is 0 Å². The van der Waals surface area contributed by atoms with Crippen LogP contribution < -0.4 is 10.5 Å². The summed E-state index contributed by atoms with van der Waals surface area (Å²) in [6, 6.07) is 5.78. The van der Waals surface area contributed by atoms with Crippen molar-refractivity contribution in [1.82, 2.24) is 4.90 Å². The second-order valence-corrected chi connectivity index (χ2v) is 5.16. The van der Waals surface area contributed by atoms with Crippen molar-refractivity contribution in [1.29, 1.82) is 0 Å². The third kappa shape index (κ3) is 2.94. The number of methoxy groups -OCH3 is 1. The lowest BCUT2D eigenvalue weighted by Crippen LogP contribution is -2.45. The van der Waals surface area contributed by atoms with Gasteiger partial charge in [0.1, 0.15) is 11.5 Å². The largest absolute Gasteiger partial charge is 0.507 e. The van der Waals surface area contributed by atoms with E-state index in [1.165, 1.54) is 0 Å². The van der Waals surface area contributed by atoms with Gasteiger partial charge in [0, 0.05) is 30.8 Å². The summed E-state index contributed by atoms with van der Waals surface area (Å²) < 4.78 is 5.08. The second kappa shape index (κ2) is 5.59. The predicted molar refractivity (Wildman–Crippen MR) is 71.7 cm³/mol. The minimum atomic E-state index is 0.303. The molecule has 18 heavy (non-hydrogen) atoms. The monoisotopic (exact) mass is 250 g/mol. The van der Waals surface area contributed by atoms with Gasteiger partial charge < -0.3 is 15.6 Å². The number of piperidine rings is 1. The molecule has 1 saturated heterocycles. The van der Waals surface area contributed by atoms with Gasteiger partial charge in [0.25, 0.3) is 0 Å². The van der Waals surface area contributed by atoms with Crippen LogP contribution in [0.15, 0.2) is 18.2 Å². The Labute approximate surface area is 108 Å². The fourth-order valence-electron chi connectivity index (χ4n) is 2.44. The average molecular weight is 250 g/mol. The summed E-state index contributed by atoms with van der Waals surface area (Å²) in [5, 5.41) is 9.94. The summed E-state index contributed by atoms with van der Waals surface area (Å²) in [6.45, 7) is 4.95. The van der Waals surface area contributed by atoms with Crippen LogP contribution in [0, 0.1) is 5.92 Å². The molecule has 1 fully saturated rings. The molecule has 1 aliphatic rings. The van der Waals surface area contributed by atoms with Crippen LogP contribution in [0.5, 0.6) is 11.5 Å². The molecule has 0 spiro atoms. The van der Waals surface area contributed by atoms with E-state index in [1.54, 1.807) is 13.2 Å². The number of hydrogen-bond acceptors (Lipinski definition) is 4. The van der Waals surface area contributed by atoms with Gasteiger partial charge in [0.05, 0.1) is 7.11 Å². The molecule has 0 bridgehead atoms. The van der Waals surface area contributed by atoms with E-state index in [9.17, 15) is 5.11 Å². The smallest absolute Gasteiger partial charge is 0.123 e. The lowest BCUT2D eigenvalue weighted by atomic mass is 9.94. The van der Waals surface area contributed by atoms with Gasteiger partial charge in [-0.05, 0) is 24.9 Å². The lowest BCUT2D eigenvalue weighted by Gasteiger charge is -2.35. The fourth-order valence-corrected chi connectivity index (χ4v) is 2.44. The van der Waals surface area contributed by atoms with Gasteiger partial charge in [-0.25, -0.2) is 0 Å². The first-order valence-electron chi connectivity index (χ1n) is 6.44. The van der Waals surface area contributed by atoms with Gasteiger partial charge in [-0.1, -0.05) is 13.0 Å². The molecule has 1 heterocycles. The molecule has 2 atom stereocenters. The van der Waals surface area contributed by atoms with Crippen LogP contribution in [0.25, 0.3) is 0 Å². The molecular weight excluding hydrogens is 228 g/mol. The second-order valence-electron chi connectivity index (χ2n) is 5.16. The molecule has 4 heteroatoms. The predicted octanol–water partition coefficient (Wildman–Crippen LogP) is 1.57. The number of ether oxygens (including phenoxy) is 1. The maximum absolute atomic E-state index is 9.94. The Morgan fingerprint density at radius 1 is 1.50 bits per heavy atom. The Balaban J connectivity index is 2.01. The molecule has 2 unspecified atom stereocenters. The topological polar surface area (TPSA) is 58.7 Å². The van der Waals surface area contributed by atoms with E-state index in [-0.39, 0.29) is 0 Å². The third-order valence-corrected chi connectivity index (χ3v) is 3.74. The van der Waals surface area contributed by atoms with E-state index in [1.807, 2.05) is 12.1 Å². The number of phenols is 1. The van der Waals surface area contributed by atoms with Crippen molar-refractivity contribution in [3.05, 3.63) is 23.8 Å². The zero-order chi connectivity index (χ0) is 13.1. The highest BCUT2D eigenvalue weighted by molar-refractivity contribution is 5.39. The van der Waals surface area contributed by atoms with E-state index < -0.39 is 0 Å². The quantitative estimate of drug-likeness (QED) is 0.855. The number of hydrogen-bond donors (Lipinski definition) is 2. The maximum Gasteiger partial charge on any atom is 0.123 e. The number of rotatable bonds is 3. The zero-order valence-electron chi connectivity index (χ0n) is 11.1. The van der Waals surface area contributed by atoms with Crippen molar-refractivity contribution in [2.45, 2.75) is 25.9 Å². The number of aromatic hydroxyl groups is 1. The summed E-state index contributed by atoms with van der Waals surface area (Å²) in [7, 11) is 1.60. The van der Waals surface area contributed by atoms with Gasteiger partial charge in [0.2, 0.25) is 0 Å². The van der Waals surface area contributed by atoms with Crippen LogP contribution in [-0.2, 0) is 6.54 Å². The highest BCUT2D eigenvalue weighted by Gasteiger charge is 2.23.